The Balaban J connectivity index is 2.33. The van der Waals surface area contributed by atoms with Gasteiger partial charge >= 0.3 is 0 Å². The van der Waals surface area contributed by atoms with Crippen LogP contribution in [0.15, 0.2) is 24.3 Å². The first-order valence-electron chi connectivity index (χ1n) is 6.75. The standard InChI is InChI=1S/C15H17ClFN3O/c1-4-18-13-8-14(20-15(19-13)9(2)3)21-12-6-5-10(17)7-11(12)16/h5-9H,4H2,1-3H3,(H,18,19,20). The third-order valence-electron chi connectivity index (χ3n) is 2.70. The zero-order valence-corrected chi connectivity index (χ0v) is 12.9. The molecule has 0 saturated heterocycles. The Morgan fingerprint density at radius 3 is 2.67 bits per heavy atom. The monoisotopic (exact) mass is 309 g/mol. The molecule has 6 heteroatoms. The van der Waals surface area contributed by atoms with Gasteiger partial charge in [0.15, 0.2) is 0 Å². The highest BCUT2D eigenvalue weighted by Gasteiger charge is 2.11. The van der Waals surface area contributed by atoms with Gasteiger partial charge in [-0.2, -0.15) is 4.98 Å². The van der Waals surface area contributed by atoms with Crippen LogP contribution in [-0.4, -0.2) is 16.5 Å². The van der Waals surface area contributed by atoms with Gasteiger partial charge in [-0.1, -0.05) is 25.4 Å². The van der Waals surface area contributed by atoms with Crippen molar-refractivity contribution in [3.8, 4) is 11.6 Å². The summed E-state index contributed by atoms with van der Waals surface area (Å²) in [5.74, 6) is 1.83. The van der Waals surface area contributed by atoms with Gasteiger partial charge in [0.05, 0.1) is 5.02 Å². The minimum absolute atomic E-state index is 0.162. The van der Waals surface area contributed by atoms with Gasteiger partial charge in [-0.25, -0.2) is 9.37 Å². The van der Waals surface area contributed by atoms with E-state index in [-0.39, 0.29) is 10.9 Å². The van der Waals surface area contributed by atoms with Crippen LogP contribution in [0.1, 0.15) is 32.5 Å². The van der Waals surface area contributed by atoms with Gasteiger partial charge < -0.3 is 10.1 Å². The van der Waals surface area contributed by atoms with Crippen LogP contribution in [-0.2, 0) is 0 Å². The third kappa shape index (κ3) is 4.04. The summed E-state index contributed by atoms with van der Waals surface area (Å²) in [6.07, 6.45) is 0. The molecule has 0 bridgehead atoms. The van der Waals surface area contributed by atoms with Crippen molar-refractivity contribution in [2.75, 3.05) is 11.9 Å². The molecule has 2 aromatic rings. The maximum absolute atomic E-state index is 13.0. The molecule has 2 rings (SSSR count). The van der Waals surface area contributed by atoms with Crippen LogP contribution in [0.25, 0.3) is 0 Å². The average molecular weight is 310 g/mol. The van der Waals surface area contributed by atoms with E-state index < -0.39 is 5.82 Å². The lowest BCUT2D eigenvalue weighted by Crippen LogP contribution is -2.06. The summed E-state index contributed by atoms with van der Waals surface area (Å²) in [5, 5.41) is 3.33. The van der Waals surface area contributed by atoms with Crippen molar-refractivity contribution in [3.05, 3.63) is 40.9 Å². The Kier molecular flexibility index (Phi) is 4.96. The lowest BCUT2D eigenvalue weighted by atomic mass is 10.2. The molecule has 1 N–H and O–H groups in total. The van der Waals surface area contributed by atoms with Crippen LogP contribution in [0.5, 0.6) is 11.6 Å². The summed E-state index contributed by atoms with van der Waals surface area (Å²) in [5.41, 5.74) is 0. The molecular weight excluding hydrogens is 293 g/mol. The molecule has 0 fully saturated rings. The lowest BCUT2D eigenvalue weighted by Gasteiger charge is -2.12. The number of hydrogen-bond acceptors (Lipinski definition) is 4. The molecule has 1 aromatic carbocycles. The average Bonchev–Trinajstić information content (AvgIpc) is 2.42. The molecule has 1 heterocycles. The largest absolute Gasteiger partial charge is 0.437 e. The van der Waals surface area contributed by atoms with Gasteiger partial charge in [-0.05, 0) is 25.1 Å². The van der Waals surface area contributed by atoms with E-state index in [1.54, 1.807) is 6.07 Å². The second kappa shape index (κ2) is 6.72. The summed E-state index contributed by atoms with van der Waals surface area (Å²) < 4.78 is 18.7. The minimum Gasteiger partial charge on any atom is -0.437 e. The molecule has 21 heavy (non-hydrogen) atoms. The van der Waals surface area contributed by atoms with Crippen LogP contribution in [0.2, 0.25) is 5.02 Å². The van der Waals surface area contributed by atoms with Crippen LogP contribution in [0.4, 0.5) is 10.2 Å². The summed E-state index contributed by atoms with van der Waals surface area (Å²) in [4.78, 5) is 8.75. The Morgan fingerprint density at radius 2 is 2.05 bits per heavy atom. The van der Waals surface area contributed by atoms with Crippen molar-refractivity contribution in [2.45, 2.75) is 26.7 Å². The van der Waals surface area contributed by atoms with E-state index in [9.17, 15) is 4.39 Å². The summed E-state index contributed by atoms with van der Waals surface area (Å²) in [6, 6.07) is 5.65. The molecule has 0 aliphatic carbocycles. The number of benzene rings is 1. The Morgan fingerprint density at radius 1 is 1.29 bits per heavy atom. The maximum atomic E-state index is 13.0. The van der Waals surface area contributed by atoms with Gasteiger partial charge in [0.25, 0.3) is 0 Å². The first kappa shape index (κ1) is 15.5. The zero-order valence-electron chi connectivity index (χ0n) is 12.2. The predicted molar refractivity (Wildman–Crippen MR) is 81.8 cm³/mol. The summed E-state index contributed by atoms with van der Waals surface area (Å²) in [7, 11) is 0. The van der Waals surface area contributed by atoms with Crippen molar-refractivity contribution in [1.29, 1.82) is 0 Å². The number of ether oxygens (including phenoxy) is 1. The number of hydrogen-bond donors (Lipinski definition) is 1. The van der Waals surface area contributed by atoms with Gasteiger partial charge in [0.1, 0.15) is 23.2 Å². The second-order valence-electron chi connectivity index (χ2n) is 4.81. The number of nitrogens with zero attached hydrogens (tertiary/aromatic N) is 2. The Hall–Kier alpha value is -1.88. The molecule has 0 aliphatic heterocycles. The predicted octanol–water partition coefficient (Wildman–Crippen LogP) is 4.62. The van der Waals surface area contributed by atoms with E-state index in [4.69, 9.17) is 16.3 Å². The van der Waals surface area contributed by atoms with Gasteiger partial charge in [0.2, 0.25) is 5.88 Å². The number of nitrogens with one attached hydrogen (secondary N) is 1. The quantitative estimate of drug-likeness (QED) is 0.875. The molecule has 0 atom stereocenters. The second-order valence-corrected chi connectivity index (χ2v) is 5.22. The lowest BCUT2D eigenvalue weighted by molar-refractivity contribution is 0.456. The first-order valence-corrected chi connectivity index (χ1v) is 7.13. The molecule has 4 nitrogen and oxygen atoms in total. The molecule has 112 valence electrons. The minimum atomic E-state index is -0.411. The van der Waals surface area contributed by atoms with E-state index in [0.717, 1.165) is 6.54 Å². The highest BCUT2D eigenvalue weighted by Crippen LogP contribution is 2.30. The summed E-state index contributed by atoms with van der Waals surface area (Å²) in [6.45, 7) is 6.72. The molecule has 0 saturated carbocycles. The van der Waals surface area contributed by atoms with E-state index in [1.165, 1.54) is 18.2 Å². The first-order chi connectivity index (χ1) is 9.99. The smallest absolute Gasteiger partial charge is 0.224 e. The fraction of sp³-hybridized carbons (Fsp3) is 0.333. The van der Waals surface area contributed by atoms with E-state index in [1.807, 2.05) is 20.8 Å². The highest BCUT2D eigenvalue weighted by atomic mass is 35.5. The van der Waals surface area contributed by atoms with Crippen LogP contribution in [0, 0.1) is 5.82 Å². The van der Waals surface area contributed by atoms with E-state index in [0.29, 0.717) is 23.3 Å². The van der Waals surface area contributed by atoms with E-state index in [2.05, 4.69) is 15.3 Å². The van der Waals surface area contributed by atoms with Crippen LogP contribution < -0.4 is 10.1 Å². The van der Waals surface area contributed by atoms with Crippen molar-refractivity contribution < 1.29 is 9.13 Å². The molecular formula is C15H17ClFN3O. The third-order valence-corrected chi connectivity index (χ3v) is 3.00. The molecule has 0 aliphatic rings. The molecule has 0 spiro atoms. The molecule has 1 aromatic heterocycles. The number of aromatic nitrogens is 2. The molecule has 0 unspecified atom stereocenters. The van der Waals surface area contributed by atoms with Crippen LogP contribution in [0.3, 0.4) is 0 Å². The fourth-order valence-corrected chi connectivity index (χ4v) is 1.90. The fourth-order valence-electron chi connectivity index (χ4n) is 1.70. The molecule has 0 amide bonds. The number of anilines is 1. The topological polar surface area (TPSA) is 47.0 Å². The highest BCUT2D eigenvalue weighted by molar-refractivity contribution is 6.32. The number of halogens is 2. The normalized spacial score (nSPS) is 10.8. The SMILES string of the molecule is CCNc1cc(Oc2ccc(F)cc2Cl)nc(C(C)C)n1. The molecule has 0 radical (unpaired) electrons. The Bertz CT molecular complexity index is 634. The zero-order chi connectivity index (χ0) is 15.4. The Labute approximate surface area is 128 Å². The van der Waals surface area contributed by atoms with Crippen molar-refractivity contribution in [1.82, 2.24) is 9.97 Å². The van der Waals surface area contributed by atoms with Crippen LogP contribution >= 0.6 is 11.6 Å². The van der Waals surface area contributed by atoms with Crippen molar-refractivity contribution in [2.24, 2.45) is 0 Å². The van der Waals surface area contributed by atoms with Crippen molar-refractivity contribution in [3.63, 3.8) is 0 Å². The van der Waals surface area contributed by atoms with Gasteiger partial charge in [0, 0.05) is 18.5 Å². The van der Waals surface area contributed by atoms with Gasteiger partial charge in [-0.15, -0.1) is 0 Å². The van der Waals surface area contributed by atoms with Crippen molar-refractivity contribution >= 4 is 17.4 Å². The van der Waals surface area contributed by atoms with E-state index >= 15 is 0 Å². The van der Waals surface area contributed by atoms with Gasteiger partial charge in [-0.3, -0.25) is 0 Å². The maximum Gasteiger partial charge on any atom is 0.224 e. The number of rotatable bonds is 5. The summed E-state index contributed by atoms with van der Waals surface area (Å²) >= 11 is 5.96.